The number of likely N-dealkylation sites (tertiary alicyclic amines) is 1. The van der Waals surface area contributed by atoms with E-state index < -0.39 is 0 Å². The fourth-order valence-electron chi connectivity index (χ4n) is 3.21. The van der Waals surface area contributed by atoms with E-state index in [0.717, 1.165) is 43.3 Å². The molecule has 0 radical (unpaired) electrons. The second-order valence-corrected chi connectivity index (χ2v) is 7.26. The Morgan fingerprint density at radius 1 is 1.33 bits per heavy atom. The Morgan fingerprint density at radius 2 is 2.10 bits per heavy atom. The largest absolute Gasteiger partial charge is 0.356 e. The molecule has 0 spiro atoms. The first-order valence-corrected chi connectivity index (χ1v) is 8.79. The van der Waals surface area contributed by atoms with Gasteiger partial charge in [0.05, 0.1) is 0 Å². The number of anilines is 1. The van der Waals surface area contributed by atoms with E-state index in [-0.39, 0.29) is 5.92 Å². The van der Waals surface area contributed by atoms with Crippen LogP contribution in [-0.2, 0) is 4.79 Å². The van der Waals surface area contributed by atoms with Crippen molar-refractivity contribution in [2.75, 3.05) is 18.4 Å². The number of rotatable bonds is 4. The Morgan fingerprint density at radius 3 is 2.76 bits per heavy atom. The van der Waals surface area contributed by atoms with E-state index in [1.54, 1.807) is 0 Å². The third-order valence-corrected chi connectivity index (χ3v) is 5.15. The molecule has 1 unspecified atom stereocenters. The molecule has 2 fully saturated rings. The first kappa shape index (κ1) is 14.8. The molecule has 21 heavy (non-hydrogen) atoms. The monoisotopic (exact) mass is 308 g/mol. The fourth-order valence-corrected chi connectivity index (χ4v) is 4.00. The van der Waals surface area contributed by atoms with Crippen molar-refractivity contribution >= 4 is 22.6 Å². The summed E-state index contributed by atoms with van der Waals surface area (Å²) in [6, 6.07) is 0.323. The van der Waals surface area contributed by atoms with Crippen LogP contribution in [0, 0.1) is 5.92 Å². The zero-order chi connectivity index (χ0) is 14.8. The maximum absolute atomic E-state index is 12.4. The minimum Gasteiger partial charge on any atom is -0.356 e. The molecule has 1 aromatic rings. The Hall–Kier alpha value is -1.17. The van der Waals surface area contributed by atoms with E-state index in [2.05, 4.69) is 28.5 Å². The molecule has 5 nitrogen and oxygen atoms in total. The molecule has 0 aromatic carbocycles. The van der Waals surface area contributed by atoms with Crippen molar-refractivity contribution < 1.29 is 4.79 Å². The van der Waals surface area contributed by atoms with Crippen LogP contribution in [0.5, 0.6) is 0 Å². The van der Waals surface area contributed by atoms with E-state index in [0.29, 0.717) is 17.9 Å². The second kappa shape index (κ2) is 6.30. The molecule has 1 aromatic heterocycles. The molecule has 1 aliphatic heterocycles. The number of hydrogen-bond acceptors (Lipinski definition) is 5. The number of hydrogen-bond donors (Lipinski definition) is 1. The standard InChI is InChI=1S/C15H24N4OS/c1-10(2)13-17-15(21-18-13)16-12-7-8-19(9-12)14(20)11-5-3-4-6-11/h10-12H,3-9H2,1-2H3,(H,16,17,18). The van der Waals surface area contributed by atoms with Gasteiger partial charge >= 0.3 is 0 Å². The molecule has 1 aliphatic carbocycles. The lowest BCUT2D eigenvalue weighted by Crippen LogP contribution is -2.35. The lowest BCUT2D eigenvalue weighted by atomic mass is 10.1. The van der Waals surface area contributed by atoms with Gasteiger partial charge in [-0.25, -0.2) is 4.98 Å². The van der Waals surface area contributed by atoms with Crippen LogP contribution in [0.1, 0.15) is 57.7 Å². The maximum Gasteiger partial charge on any atom is 0.225 e. The highest BCUT2D eigenvalue weighted by Gasteiger charge is 2.32. The smallest absolute Gasteiger partial charge is 0.225 e. The van der Waals surface area contributed by atoms with Gasteiger partial charge in [-0.2, -0.15) is 4.37 Å². The molecule has 2 heterocycles. The zero-order valence-corrected chi connectivity index (χ0v) is 13.7. The normalized spacial score (nSPS) is 23.2. The fraction of sp³-hybridized carbons (Fsp3) is 0.800. The van der Waals surface area contributed by atoms with Gasteiger partial charge in [-0.05, 0) is 19.3 Å². The highest BCUT2D eigenvalue weighted by Crippen LogP contribution is 2.28. The molecule has 0 bridgehead atoms. The molecule has 1 saturated heterocycles. The molecule has 2 aliphatic rings. The average molecular weight is 308 g/mol. The summed E-state index contributed by atoms with van der Waals surface area (Å²) in [5, 5.41) is 4.33. The van der Waals surface area contributed by atoms with Crippen LogP contribution in [0.15, 0.2) is 0 Å². The van der Waals surface area contributed by atoms with Gasteiger partial charge in [0.2, 0.25) is 11.0 Å². The predicted octanol–water partition coefficient (Wildman–Crippen LogP) is 2.86. The quantitative estimate of drug-likeness (QED) is 0.929. The number of nitrogens with zero attached hydrogens (tertiary/aromatic N) is 3. The molecule has 1 amide bonds. The van der Waals surface area contributed by atoms with Gasteiger partial charge in [-0.15, -0.1) is 0 Å². The number of amides is 1. The van der Waals surface area contributed by atoms with Gasteiger partial charge in [0.25, 0.3) is 0 Å². The van der Waals surface area contributed by atoms with Crippen LogP contribution in [-0.4, -0.2) is 39.3 Å². The van der Waals surface area contributed by atoms with Crippen molar-refractivity contribution in [3.8, 4) is 0 Å². The van der Waals surface area contributed by atoms with E-state index in [1.807, 2.05) is 4.90 Å². The Labute approximate surface area is 130 Å². The van der Waals surface area contributed by atoms with Gasteiger partial charge in [0, 0.05) is 42.5 Å². The number of nitrogens with one attached hydrogen (secondary N) is 1. The Kier molecular flexibility index (Phi) is 4.42. The molecular formula is C15H24N4OS. The maximum atomic E-state index is 12.4. The summed E-state index contributed by atoms with van der Waals surface area (Å²) in [7, 11) is 0. The van der Waals surface area contributed by atoms with Gasteiger partial charge in [-0.1, -0.05) is 26.7 Å². The molecular weight excluding hydrogens is 284 g/mol. The van der Waals surface area contributed by atoms with E-state index in [1.165, 1.54) is 24.4 Å². The van der Waals surface area contributed by atoms with Crippen LogP contribution in [0.3, 0.4) is 0 Å². The molecule has 116 valence electrons. The van der Waals surface area contributed by atoms with Crippen LogP contribution in [0.2, 0.25) is 0 Å². The second-order valence-electron chi connectivity index (χ2n) is 6.51. The van der Waals surface area contributed by atoms with E-state index in [4.69, 9.17) is 0 Å². The van der Waals surface area contributed by atoms with Gasteiger partial charge < -0.3 is 10.2 Å². The Balaban J connectivity index is 1.53. The summed E-state index contributed by atoms with van der Waals surface area (Å²) in [6.45, 7) is 5.89. The highest BCUT2D eigenvalue weighted by molar-refractivity contribution is 7.09. The Bertz CT molecular complexity index is 496. The van der Waals surface area contributed by atoms with Crippen molar-refractivity contribution in [2.45, 2.75) is 57.9 Å². The highest BCUT2D eigenvalue weighted by atomic mass is 32.1. The first-order valence-electron chi connectivity index (χ1n) is 8.02. The van der Waals surface area contributed by atoms with Crippen molar-refractivity contribution in [1.82, 2.24) is 14.3 Å². The predicted molar refractivity (Wildman–Crippen MR) is 84.6 cm³/mol. The van der Waals surface area contributed by atoms with Crippen LogP contribution in [0.4, 0.5) is 5.13 Å². The zero-order valence-electron chi connectivity index (χ0n) is 12.8. The van der Waals surface area contributed by atoms with Gasteiger partial charge in [-0.3, -0.25) is 4.79 Å². The average Bonchev–Trinajstić information content (AvgIpc) is 3.20. The summed E-state index contributed by atoms with van der Waals surface area (Å²) in [5.41, 5.74) is 0. The van der Waals surface area contributed by atoms with Gasteiger partial charge in [0.15, 0.2) is 0 Å². The van der Waals surface area contributed by atoms with Crippen molar-refractivity contribution in [3.05, 3.63) is 5.82 Å². The lowest BCUT2D eigenvalue weighted by Gasteiger charge is -2.20. The third-order valence-electron chi connectivity index (χ3n) is 4.49. The summed E-state index contributed by atoms with van der Waals surface area (Å²) < 4.78 is 4.36. The molecule has 1 atom stereocenters. The number of carbonyl (C=O) groups is 1. The summed E-state index contributed by atoms with van der Waals surface area (Å²) in [6.07, 6.45) is 5.61. The summed E-state index contributed by atoms with van der Waals surface area (Å²) >= 11 is 1.42. The summed E-state index contributed by atoms with van der Waals surface area (Å²) in [4.78, 5) is 19.0. The minimum absolute atomic E-state index is 0.290. The molecule has 1 N–H and O–H groups in total. The van der Waals surface area contributed by atoms with Crippen molar-refractivity contribution in [3.63, 3.8) is 0 Å². The molecule has 6 heteroatoms. The van der Waals surface area contributed by atoms with Crippen molar-refractivity contribution in [2.24, 2.45) is 5.92 Å². The summed E-state index contributed by atoms with van der Waals surface area (Å²) in [5.74, 6) is 1.93. The van der Waals surface area contributed by atoms with Gasteiger partial charge in [0.1, 0.15) is 5.82 Å². The minimum atomic E-state index is 0.290. The SMILES string of the molecule is CC(C)c1nsc(NC2CCN(C(=O)C3CCCC3)C2)n1. The van der Waals surface area contributed by atoms with E-state index in [9.17, 15) is 4.79 Å². The molecule has 3 rings (SSSR count). The van der Waals surface area contributed by atoms with E-state index >= 15 is 0 Å². The number of aromatic nitrogens is 2. The van der Waals surface area contributed by atoms with Crippen LogP contribution < -0.4 is 5.32 Å². The third kappa shape index (κ3) is 3.36. The van der Waals surface area contributed by atoms with Crippen molar-refractivity contribution in [1.29, 1.82) is 0 Å². The topological polar surface area (TPSA) is 58.1 Å². The molecule has 1 saturated carbocycles. The lowest BCUT2D eigenvalue weighted by molar-refractivity contribution is -0.134. The number of carbonyl (C=O) groups excluding carboxylic acids is 1. The first-order chi connectivity index (χ1) is 10.1. The van der Waals surface area contributed by atoms with Crippen LogP contribution in [0.25, 0.3) is 0 Å². The van der Waals surface area contributed by atoms with Crippen LogP contribution >= 0.6 is 11.5 Å².